The number of hydrogen-bond donors (Lipinski definition) is 1. The van der Waals surface area contributed by atoms with Gasteiger partial charge in [-0.1, -0.05) is 49.2 Å². The van der Waals surface area contributed by atoms with Gasteiger partial charge in [-0.2, -0.15) is 0 Å². The Hall–Kier alpha value is -2.12. The minimum Gasteiger partial charge on any atom is -0.378 e. The summed E-state index contributed by atoms with van der Waals surface area (Å²) in [6.45, 7) is 0.846. The summed E-state index contributed by atoms with van der Waals surface area (Å²) in [6, 6.07) is 13.0. The number of nitrogens with zero attached hydrogens (tertiary/aromatic N) is 1. The second-order valence-corrected chi connectivity index (χ2v) is 9.16. The van der Waals surface area contributed by atoms with Crippen molar-refractivity contribution in [2.45, 2.75) is 38.2 Å². The van der Waals surface area contributed by atoms with Crippen LogP contribution in [0.1, 0.15) is 32.1 Å². The highest BCUT2D eigenvalue weighted by Crippen LogP contribution is 2.28. The van der Waals surface area contributed by atoms with Gasteiger partial charge in [-0.05, 0) is 30.7 Å². The zero-order valence-corrected chi connectivity index (χ0v) is 17.1. The van der Waals surface area contributed by atoms with E-state index in [1.54, 1.807) is 12.1 Å². The number of hydrogen-bond acceptors (Lipinski definition) is 4. The third kappa shape index (κ3) is 5.45. The second-order valence-electron chi connectivity index (χ2n) is 7.25. The van der Waals surface area contributed by atoms with Crippen LogP contribution in [0.2, 0.25) is 0 Å². The van der Waals surface area contributed by atoms with Gasteiger partial charge in [0, 0.05) is 18.5 Å². The van der Waals surface area contributed by atoms with E-state index in [9.17, 15) is 13.2 Å². The quantitative estimate of drug-likeness (QED) is 0.652. The summed E-state index contributed by atoms with van der Waals surface area (Å²) in [5, 5.41) is 4.53. The van der Waals surface area contributed by atoms with Crippen LogP contribution in [-0.2, 0) is 19.6 Å². The number of fused-ring (bicyclic) bond motifs is 1. The summed E-state index contributed by atoms with van der Waals surface area (Å²) in [4.78, 5) is 12.4. The second kappa shape index (κ2) is 9.39. The molecule has 0 unspecified atom stereocenters. The Morgan fingerprint density at radius 3 is 2.61 bits per heavy atom. The lowest BCUT2D eigenvalue weighted by atomic mass is 10.1. The van der Waals surface area contributed by atoms with Crippen LogP contribution < -0.4 is 9.62 Å². The lowest BCUT2D eigenvalue weighted by molar-refractivity contribution is -0.119. The van der Waals surface area contributed by atoms with Crippen LogP contribution in [-0.4, -0.2) is 46.4 Å². The van der Waals surface area contributed by atoms with Crippen molar-refractivity contribution in [3.8, 4) is 0 Å². The number of nitrogens with one attached hydrogen (secondary N) is 1. The van der Waals surface area contributed by atoms with Crippen LogP contribution in [0.4, 0.5) is 5.69 Å². The summed E-state index contributed by atoms with van der Waals surface area (Å²) < 4.78 is 31.7. The molecule has 6 nitrogen and oxygen atoms in total. The third-order valence-electron chi connectivity index (χ3n) is 5.02. The summed E-state index contributed by atoms with van der Waals surface area (Å²) in [5.41, 5.74) is 0.514. The zero-order chi connectivity index (χ0) is 20.0. The predicted molar refractivity (Wildman–Crippen MR) is 112 cm³/mol. The Morgan fingerprint density at radius 1 is 1.14 bits per heavy atom. The molecule has 28 heavy (non-hydrogen) atoms. The molecule has 0 spiro atoms. The molecule has 1 fully saturated rings. The number of sulfonamides is 1. The molecule has 0 bridgehead atoms. The molecule has 0 atom stereocenters. The van der Waals surface area contributed by atoms with E-state index in [1.165, 1.54) is 17.1 Å². The molecular formula is C21H28N2O4S. The fourth-order valence-electron chi connectivity index (χ4n) is 3.60. The first kappa shape index (κ1) is 20.6. The molecule has 152 valence electrons. The summed E-state index contributed by atoms with van der Waals surface area (Å²) >= 11 is 0. The molecule has 0 heterocycles. The van der Waals surface area contributed by atoms with Crippen LogP contribution in [0.5, 0.6) is 0 Å². The van der Waals surface area contributed by atoms with E-state index < -0.39 is 10.0 Å². The SMILES string of the molecule is CS(=O)(=O)N(CC(=O)NCCCOC1CCCC1)c1cccc2ccccc12. The molecular weight excluding hydrogens is 376 g/mol. The van der Waals surface area contributed by atoms with Gasteiger partial charge in [0.15, 0.2) is 0 Å². The minimum absolute atomic E-state index is 0.240. The van der Waals surface area contributed by atoms with E-state index in [0.29, 0.717) is 24.9 Å². The number of amides is 1. The smallest absolute Gasteiger partial charge is 0.240 e. The standard InChI is InChI=1S/C21H28N2O4S/c1-28(25,26)23(20-13-6-9-17-8-2-5-12-19(17)20)16-21(24)22-14-7-15-27-18-10-3-4-11-18/h2,5-6,8-9,12-13,18H,3-4,7,10-11,14-16H2,1H3,(H,22,24). The first-order chi connectivity index (χ1) is 13.4. The van der Waals surface area contributed by atoms with Crippen LogP contribution in [0.3, 0.4) is 0 Å². The van der Waals surface area contributed by atoms with Gasteiger partial charge in [0.05, 0.1) is 18.0 Å². The molecule has 0 saturated heterocycles. The number of anilines is 1. The molecule has 0 radical (unpaired) electrons. The van der Waals surface area contributed by atoms with Gasteiger partial charge in [-0.25, -0.2) is 8.42 Å². The monoisotopic (exact) mass is 404 g/mol. The highest BCUT2D eigenvalue weighted by molar-refractivity contribution is 7.92. The van der Waals surface area contributed by atoms with E-state index in [2.05, 4.69) is 5.32 Å². The minimum atomic E-state index is -3.60. The maximum Gasteiger partial charge on any atom is 0.240 e. The van der Waals surface area contributed by atoms with Gasteiger partial charge >= 0.3 is 0 Å². The van der Waals surface area contributed by atoms with E-state index >= 15 is 0 Å². The van der Waals surface area contributed by atoms with Gasteiger partial charge in [0.2, 0.25) is 15.9 Å². The lowest BCUT2D eigenvalue weighted by Crippen LogP contribution is -2.40. The largest absolute Gasteiger partial charge is 0.378 e. The molecule has 2 aromatic rings. The molecule has 1 amide bonds. The Bertz CT molecular complexity index is 902. The van der Waals surface area contributed by atoms with E-state index in [-0.39, 0.29) is 12.5 Å². The van der Waals surface area contributed by atoms with E-state index in [4.69, 9.17) is 4.74 Å². The van der Waals surface area contributed by atoms with Gasteiger partial charge in [-0.15, -0.1) is 0 Å². The van der Waals surface area contributed by atoms with Gasteiger partial charge in [0.1, 0.15) is 6.54 Å². The Labute approximate surface area is 166 Å². The van der Waals surface area contributed by atoms with Crippen LogP contribution in [0, 0.1) is 0 Å². The molecule has 1 saturated carbocycles. The Morgan fingerprint density at radius 2 is 1.86 bits per heavy atom. The van der Waals surface area contributed by atoms with Crippen molar-refractivity contribution < 1.29 is 17.9 Å². The van der Waals surface area contributed by atoms with Crippen LogP contribution in [0.25, 0.3) is 10.8 Å². The van der Waals surface area contributed by atoms with E-state index in [1.807, 2.05) is 30.3 Å². The molecule has 7 heteroatoms. The van der Waals surface area contributed by atoms with Gasteiger partial charge in [-0.3, -0.25) is 9.10 Å². The third-order valence-corrected chi connectivity index (χ3v) is 6.15. The van der Waals surface area contributed by atoms with E-state index in [0.717, 1.165) is 36.3 Å². The molecule has 0 aliphatic heterocycles. The highest BCUT2D eigenvalue weighted by Gasteiger charge is 2.22. The first-order valence-corrected chi connectivity index (χ1v) is 11.6. The Kier molecular flexibility index (Phi) is 6.91. The average Bonchev–Trinajstić information content (AvgIpc) is 3.18. The van der Waals surface area contributed by atoms with Gasteiger partial charge < -0.3 is 10.1 Å². The molecule has 0 aromatic heterocycles. The first-order valence-electron chi connectivity index (χ1n) is 9.79. The number of carbonyl (C=O) groups is 1. The molecule has 3 rings (SSSR count). The predicted octanol–water partition coefficient (Wildman–Crippen LogP) is 3.07. The maximum absolute atomic E-state index is 12.4. The number of carbonyl (C=O) groups excluding carboxylic acids is 1. The van der Waals surface area contributed by atoms with Crippen molar-refractivity contribution >= 4 is 32.4 Å². The summed E-state index contributed by atoms with van der Waals surface area (Å²) in [6.07, 6.45) is 6.92. The molecule has 2 aromatic carbocycles. The fraction of sp³-hybridized carbons (Fsp3) is 0.476. The molecule has 1 N–H and O–H groups in total. The fourth-order valence-corrected chi connectivity index (χ4v) is 4.47. The van der Waals surface area contributed by atoms with Crippen molar-refractivity contribution in [1.29, 1.82) is 0 Å². The topological polar surface area (TPSA) is 75.7 Å². The number of ether oxygens (including phenoxy) is 1. The number of rotatable bonds is 9. The average molecular weight is 405 g/mol. The molecule has 1 aliphatic carbocycles. The van der Waals surface area contributed by atoms with Crippen LogP contribution >= 0.6 is 0 Å². The Balaban J connectivity index is 1.59. The van der Waals surface area contributed by atoms with Crippen molar-refractivity contribution in [1.82, 2.24) is 5.32 Å². The number of benzene rings is 2. The summed E-state index contributed by atoms with van der Waals surface area (Å²) in [5.74, 6) is -0.320. The highest BCUT2D eigenvalue weighted by atomic mass is 32.2. The molecule has 1 aliphatic rings. The zero-order valence-electron chi connectivity index (χ0n) is 16.3. The van der Waals surface area contributed by atoms with Gasteiger partial charge in [0.25, 0.3) is 0 Å². The van der Waals surface area contributed by atoms with Crippen LogP contribution in [0.15, 0.2) is 42.5 Å². The maximum atomic E-state index is 12.4. The van der Waals surface area contributed by atoms with Crippen molar-refractivity contribution in [3.63, 3.8) is 0 Å². The lowest BCUT2D eigenvalue weighted by Gasteiger charge is -2.23. The summed E-state index contributed by atoms with van der Waals surface area (Å²) in [7, 11) is -3.60. The van der Waals surface area contributed by atoms with Crippen molar-refractivity contribution in [3.05, 3.63) is 42.5 Å². The normalized spacial score (nSPS) is 15.0. The van der Waals surface area contributed by atoms with Crippen molar-refractivity contribution in [2.24, 2.45) is 0 Å². The van der Waals surface area contributed by atoms with Crippen molar-refractivity contribution in [2.75, 3.05) is 30.3 Å².